The Morgan fingerprint density at radius 1 is 0.773 bits per heavy atom. The second-order valence-corrected chi connectivity index (χ2v) is 5.48. The average molecular weight is 285 g/mol. The van der Waals surface area contributed by atoms with Gasteiger partial charge in [-0.1, -0.05) is 48.5 Å². The molecule has 4 aromatic rings. The highest BCUT2D eigenvalue weighted by atomic mass is 16.1. The van der Waals surface area contributed by atoms with Gasteiger partial charge in [0.25, 0.3) is 0 Å². The second-order valence-electron chi connectivity index (χ2n) is 5.48. The van der Waals surface area contributed by atoms with Crippen molar-refractivity contribution in [2.75, 3.05) is 0 Å². The minimum atomic E-state index is 0.718. The molecule has 0 saturated heterocycles. The van der Waals surface area contributed by atoms with Crippen molar-refractivity contribution < 1.29 is 4.79 Å². The molecule has 106 valence electrons. The van der Waals surface area contributed by atoms with E-state index in [1.807, 2.05) is 30.3 Å². The van der Waals surface area contributed by atoms with Crippen LogP contribution in [0.5, 0.6) is 0 Å². The minimum absolute atomic E-state index is 0.718. The molecule has 0 fully saturated rings. The van der Waals surface area contributed by atoms with Gasteiger partial charge in [0.1, 0.15) is 6.29 Å². The van der Waals surface area contributed by atoms with Crippen molar-refractivity contribution in [2.45, 2.75) is 6.54 Å². The topological polar surface area (TPSA) is 22.0 Å². The van der Waals surface area contributed by atoms with E-state index in [0.717, 1.165) is 29.3 Å². The highest BCUT2D eigenvalue weighted by Crippen LogP contribution is 2.30. The maximum Gasteiger partial charge on any atom is 0.150 e. The molecule has 0 bridgehead atoms. The first-order valence-corrected chi connectivity index (χ1v) is 7.37. The summed E-state index contributed by atoms with van der Waals surface area (Å²) in [7, 11) is 0. The summed E-state index contributed by atoms with van der Waals surface area (Å²) in [6, 6.07) is 24.7. The summed E-state index contributed by atoms with van der Waals surface area (Å²) < 4.78 is 2.31. The van der Waals surface area contributed by atoms with E-state index < -0.39 is 0 Å². The fourth-order valence-electron chi connectivity index (χ4n) is 3.08. The van der Waals surface area contributed by atoms with E-state index in [9.17, 15) is 4.79 Å². The summed E-state index contributed by atoms with van der Waals surface area (Å²) >= 11 is 0. The summed E-state index contributed by atoms with van der Waals surface area (Å²) in [4.78, 5) is 11.1. The molecule has 22 heavy (non-hydrogen) atoms. The lowest BCUT2D eigenvalue weighted by molar-refractivity contribution is 0.112. The summed E-state index contributed by atoms with van der Waals surface area (Å²) in [5.41, 5.74) is 4.35. The molecular weight excluding hydrogens is 270 g/mol. The maximum atomic E-state index is 11.1. The number of para-hydroxylation sites is 1. The highest BCUT2D eigenvalue weighted by Gasteiger charge is 2.10. The van der Waals surface area contributed by atoms with Crippen molar-refractivity contribution >= 4 is 28.1 Å². The Balaban J connectivity index is 2.00. The van der Waals surface area contributed by atoms with Crippen molar-refractivity contribution in [2.24, 2.45) is 0 Å². The number of benzene rings is 3. The van der Waals surface area contributed by atoms with Crippen molar-refractivity contribution in [3.63, 3.8) is 0 Å². The number of aromatic nitrogens is 1. The lowest BCUT2D eigenvalue weighted by atomic mass is 10.1. The number of fused-ring (bicyclic) bond motifs is 3. The number of rotatable bonds is 3. The average Bonchev–Trinajstić information content (AvgIpc) is 2.89. The van der Waals surface area contributed by atoms with Crippen LogP contribution in [-0.4, -0.2) is 10.9 Å². The van der Waals surface area contributed by atoms with Crippen LogP contribution in [0.4, 0.5) is 0 Å². The van der Waals surface area contributed by atoms with Crippen molar-refractivity contribution in [1.82, 2.24) is 4.57 Å². The molecule has 0 radical (unpaired) electrons. The first-order valence-electron chi connectivity index (χ1n) is 7.37. The number of aldehydes is 1. The van der Waals surface area contributed by atoms with Gasteiger partial charge in [0.15, 0.2) is 0 Å². The molecule has 2 heteroatoms. The molecule has 1 aromatic heterocycles. The number of nitrogens with zero attached hydrogens (tertiary/aromatic N) is 1. The van der Waals surface area contributed by atoms with Crippen LogP contribution in [0.1, 0.15) is 15.9 Å². The molecule has 1 heterocycles. The van der Waals surface area contributed by atoms with Crippen molar-refractivity contribution in [3.8, 4) is 0 Å². The third kappa shape index (κ3) is 2.01. The van der Waals surface area contributed by atoms with Crippen LogP contribution in [0.25, 0.3) is 21.8 Å². The van der Waals surface area contributed by atoms with Gasteiger partial charge in [-0.05, 0) is 29.8 Å². The van der Waals surface area contributed by atoms with Crippen LogP contribution < -0.4 is 0 Å². The number of carbonyl (C=O) groups excluding carboxylic acids is 1. The van der Waals surface area contributed by atoms with Crippen molar-refractivity contribution in [1.29, 1.82) is 0 Å². The van der Waals surface area contributed by atoms with Crippen molar-refractivity contribution in [3.05, 3.63) is 83.9 Å². The van der Waals surface area contributed by atoms with E-state index in [1.54, 1.807) is 0 Å². The monoisotopic (exact) mass is 285 g/mol. The predicted molar refractivity (Wildman–Crippen MR) is 90.4 cm³/mol. The number of hydrogen-bond donors (Lipinski definition) is 0. The lowest BCUT2D eigenvalue weighted by Crippen LogP contribution is -1.99. The van der Waals surface area contributed by atoms with Crippen LogP contribution in [0.15, 0.2) is 72.8 Å². The fourth-order valence-corrected chi connectivity index (χ4v) is 3.08. The Labute approximate surface area is 128 Å². The second kappa shape index (κ2) is 5.15. The quantitative estimate of drug-likeness (QED) is 0.502. The molecule has 0 unspecified atom stereocenters. The third-order valence-corrected chi connectivity index (χ3v) is 4.12. The van der Waals surface area contributed by atoms with Crippen LogP contribution in [0, 0.1) is 0 Å². The summed E-state index contributed by atoms with van der Waals surface area (Å²) in [6.45, 7) is 0.825. The largest absolute Gasteiger partial charge is 0.336 e. The molecule has 2 nitrogen and oxygen atoms in total. The van der Waals surface area contributed by atoms with Gasteiger partial charge in [0.05, 0.1) is 0 Å². The van der Waals surface area contributed by atoms with E-state index in [2.05, 4.69) is 47.0 Å². The SMILES string of the molecule is O=Cc1ccc2c(c1)c1ccccc1n2Cc1ccccc1. The van der Waals surface area contributed by atoms with Gasteiger partial charge in [0, 0.05) is 33.9 Å². The molecule has 4 rings (SSSR count). The zero-order valence-electron chi connectivity index (χ0n) is 12.1. The lowest BCUT2D eigenvalue weighted by Gasteiger charge is -2.07. The highest BCUT2D eigenvalue weighted by molar-refractivity contribution is 6.09. The van der Waals surface area contributed by atoms with Crippen LogP contribution in [0.3, 0.4) is 0 Å². The third-order valence-electron chi connectivity index (χ3n) is 4.12. The molecule has 0 N–H and O–H groups in total. The van der Waals surface area contributed by atoms with Crippen LogP contribution >= 0.6 is 0 Å². The number of hydrogen-bond acceptors (Lipinski definition) is 1. The molecule has 0 spiro atoms. The first kappa shape index (κ1) is 12.8. The van der Waals surface area contributed by atoms with Gasteiger partial charge in [-0.15, -0.1) is 0 Å². The van der Waals surface area contributed by atoms with Gasteiger partial charge >= 0.3 is 0 Å². The Morgan fingerprint density at radius 2 is 1.50 bits per heavy atom. The van der Waals surface area contributed by atoms with E-state index in [4.69, 9.17) is 0 Å². The van der Waals surface area contributed by atoms with Gasteiger partial charge in [-0.2, -0.15) is 0 Å². The molecule has 0 aliphatic heterocycles. The molecule has 0 aliphatic carbocycles. The van der Waals surface area contributed by atoms with E-state index in [1.165, 1.54) is 16.5 Å². The minimum Gasteiger partial charge on any atom is -0.336 e. The zero-order valence-corrected chi connectivity index (χ0v) is 12.1. The standard InChI is InChI=1S/C20H15NO/c22-14-16-10-11-20-18(12-16)17-8-4-5-9-19(17)21(20)13-15-6-2-1-3-7-15/h1-12,14H,13H2. The fraction of sp³-hybridized carbons (Fsp3) is 0.0500. The van der Waals surface area contributed by atoms with Gasteiger partial charge < -0.3 is 4.57 Å². The summed E-state index contributed by atoms with van der Waals surface area (Å²) in [6.07, 6.45) is 0.906. The predicted octanol–water partition coefficient (Wildman–Crippen LogP) is 4.66. The smallest absolute Gasteiger partial charge is 0.150 e. The molecular formula is C20H15NO. The normalized spacial score (nSPS) is 11.1. The Kier molecular flexibility index (Phi) is 3.01. The summed E-state index contributed by atoms with van der Waals surface area (Å²) in [5.74, 6) is 0. The van der Waals surface area contributed by atoms with Gasteiger partial charge in [-0.25, -0.2) is 0 Å². The number of carbonyl (C=O) groups is 1. The maximum absolute atomic E-state index is 11.1. The first-order chi connectivity index (χ1) is 10.9. The summed E-state index contributed by atoms with van der Waals surface area (Å²) in [5, 5.41) is 2.33. The van der Waals surface area contributed by atoms with Gasteiger partial charge in [-0.3, -0.25) is 4.79 Å². The van der Waals surface area contributed by atoms with E-state index >= 15 is 0 Å². The molecule has 0 amide bonds. The Bertz CT molecular complexity index is 967. The molecule has 0 aliphatic rings. The molecule has 3 aromatic carbocycles. The Hall–Kier alpha value is -2.87. The Morgan fingerprint density at radius 3 is 2.32 bits per heavy atom. The molecule has 0 saturated carbocycles. The van der Waals surface area contributed by atoms with E-state index in [0.29, 0.717) is 0 Å². The van der Waals surface area contributed by atoms with Gasteiger partial charge in [0.2, 0.25) is 0 Å². The van der Waals surface area contributed by atoms with E-state index in [-0.39, 0.29) is 0 Å². The molecule has 0 atom stereocenters. The van der Waals surface area contributed by atoms with Crippen LogP contribution in [0.2, 0.25) is 0 Å². The van der Waals surface area contributed by atoms with Crippen LogP contribution in [-0.2, 0) is 6.54 Å². The zero-order chi connectivity index (χ0) is 14.9.